The van der Waals surface area contributed by atoms with E-state index in [-0.39, 0.29) is 0 Å². The highest BCUT2D eigenvalue weighted by molar-refractivity contribution is 5.38. The number of nitrogens with one attached hydrogen (secondary N) is 1. The van der Waals surface area contributed by atoms with E-state index in [4.69, 9.17) is 0 Å². The highest BCUT2D eigenvalue weighted by atomic mass is 14.9. The van der Waals surface area contributed by atoms with Crippen molar-refractivity contribution >= 4 is 0 Å². The molecule has 0 saturated carbocycles. The van der Waals surface area contributed by atoms with Gasteiger partial charge in [0.15, 0.2) is 0 Å². The first-order valence-corrected chi connectivity index (χ1v) is 5.49. The molecule has 2 rings (SSSR count). The molecule has 0 fully saturated rings. The van der Waals surface area contributed by atoms with E-state index in [1.165, 1.54) is 24.0 Å². The SMILES string of the molecule is Cc1cc2c(cc1C)CC(C)NCC2. The van der Waals surface area contributed by atoms with Crippen molar-refractivity contribution < 1.29 is 0 Å². The van der Waals surface area contributed by atoms with Gasteiger partial charge in [-0.15, -0.1) is 0 Å². The lowest BCUT2D eigenvalue weighted by Crippen LogP contribution is -2.27. The maximum absolute atomic E-state index is 3.53. The standard InChI is InChI=1S/C13H19N/c1-9-6-12-4-5-14-11(3)8-13(12)7-10(9)2/h6-7,11,14H,4-5,8H2,1-3H3. The van der Waals surface area contributed by atoms with Gasteiger partial charge >= 0.3 is 0 Å². The first kappa shape index (κ1) is 9.72. The van der Waals surface area contributed by atoms with Crippen LogP contribution >= 0.6 is 0 Å². The molecule has 76 valence electrons. The summed E-state index contributed by atoms with van der Waals surface area (Å²) in [5, 5.41) is 3.53. The summed E-state index contributed by atoms with van der Waals surface area (Å²) in [6.45, 7) is 7.80. The molecule has 1 heteroatoms. The molecule has 0 saturated heterocycles. The van der Waals surface area contributed by atoms with Crippen molar-refractivity contribution in [3.63, 3.8) is 0 Å². The Kier molecular flexibility index (Phi) is 2.60. The predicted octanol–water partition coefficient (Wildman–Crippen LogP) is 2.38. The largest absolute Gasteiger partial charge is 0.314 e. The molecule has 1 heterocycles. The van der Waals surface area contributed by atoms with Crippen LogP contribution in [0, 0.1) is 13.8 Å². The number of hydrogen-bond donors (Lipinski definition) is 1. The lowest BCUT2D eigenvalue weighted by atomic mass is 9.95. The second-order valence-electron chi connectivity index (χ2n) is 4.51. The minimum Gasteiger partial charge on any atom is -0.314 e. The van der Waals surface area contributed by atoms with E-state index in [2.05, 4.69) is 38.2 Å². The van der Waals surface area contributed by atoms with Crippen molar-refractivity contribution in [2.45, 2.75) is 39.7 Å². The van der Waals surface area contributed by atoms with Gasteiger partial charge < -0.3 is 5.32 Å². The third-order valence-electron chi connectivity index (χ3n) is 3.23. The Morgan fingerprint density at radius 1 is 1.14 bits per heavy atom. The Morgan fingerprint density at radius 3 is 2.50 bits per heavy atom. The lowest BCUT2D eigenvalue weighted by molar-refractivity contribution is 0.568. The summed E-state index contributed by atoms with van der Waals surface area (Å²) in [7, 11) is 0. The molecule has 1 aromatic rings. The van der Waals surface area contributed by atoms with Crippen molar-refractivity contribution in [2.24, 2.45) is 0 Å². The van der Waals surface area contributed by atoms with Gasteiger partial charge in [-0.05, 0) is 62.4 Å². The van der Waals surface area contributed by atoms with Crippen molar-refractivity contribution in [2.75, 3.05) is 6.54 Å². The summed E-state index contributed by atoms with van der Waals surface area (Å²) >= 11 is 0. The number of aryl methyl sites for hydroxylation is 2. The summed E-state index contributed by atoms with van der Waals surface area (Å²) in [6, 6.07) is 5.36. The summed E-state index contributed by atoms with van der Waals surface area (Å²) in [6.07, 6.45) is 2.36. The maximum Gasteiger partial charge on any atom is 0.00793 e. The van der Waals surface area contributed by atoms with Crippen LogP contribution in [0.5, 0.6) is 0 Å². The van der Waals surface area contributed by atoms with Gasteiger partial charge in [0.2, 0.25) is 0 Å². The number of fused-ring (bicyclic) bond motifs is 1. The van der Waals surface area contributed by atoms with Crippen LogP contribution in [-0.4, -0.2) is 12.6 Å². The maximum atomic E-state index is 3.53. The van der Waals surface area contributed by atoms with Crippen LogP contribution in [0.3, 0.4) is 0 Å². The molecule has 1 unspecified atom stereocenters. The highest BCUT2D eigenvalue weighted by Crippen LogP contribution is 2.19. The molecule has 1 aromatic carbocycles. The van der Waals surface area contributed by atoms with Gasteiger partial charge in [-0.1, -0.05) is 12.1 Å². The molecule has 1 N–H and O–H groups in total. The summed E-state index contributed by atoms with van der Waals surface area (Å²) in [5.41, 5.74) is 5.95. The molecule has 0 bridgehead atoms. The molecule has 0 radical (unpaired) electrons. The number of rotatable bonds is 0. The average Bonchev–Trinajstić information content (AvgIpc) is 2.28. The second kappa shape index (κ2) is 3.74. The first-order valence-electron chi connectivity index (χ1n) is 5.49. The molecule has 0 aromatic heterocycles. The van der Waals surface area contributed by atoms with Crippen molar-refractivity contribution in [1.82, 2.24) is 5.32 Å². The topological polar surface area (TPSA) is 12.0 Å². The fraction of sp³-hybridized carbons (Fsp3) is 0.538. The zero-order valence-electron chi connectivity index (χ0n) is 9.35. The fourth-order valence-corrected chi connectivity index (χ4v) is 2.21. The van der Waals surface area contributed by atoms with Crippen LogP contribution in [0.2, 0.25) is 0 Å². The van der Waals surface area contributed by atoms with Crippen molar-refractivity contribution in [3.8, 4) is 0 Å². The van der Waals surface area contributed by atoms with Crippen molar-refractivity contribution in [1.29, 1.82) is 0 Å². The van der Waals surface area contributed by atoms with Crippen LogP contribution in [0.25, 0.3) is 0 Å². The second-order valence-corrected chi connectivity index (χ2v) is 4.51. The normalized spacial score (nSPS) is 21.5. The van der Waals surface area contributed by atoms with Crippen LogP contribution < -0.4 is 5.32 Å². The molecule has 1 aliphatic heterocycles. The predicted molar refractivity (Wildman–Crippen MR) is 60.8 cm³/mol. The van der Waals surface area contributed by atoms with E-state index in [1.807, 2.05) is 0 Å². The van der Waals surface area contributed by atoms with Crippen LogP contribution in [-0.2, 0) is 12.8 Å². The van der Waals surface area contributed by atoms with E-state index in [0.29, 0.717) is 6.04 Å². The zero-order valence-corrected chi connectivity index (χ0v) is 9.35. The van der Waals surface area contributed by atoms with Gasteiger partial charge in [-0.3, -0.25) is 0 Å². The summed E-state index contributed by atoms with van der Waals surface area (Å²) < 4.78 is 0. The number of hydrogen-bond acceptors (Lipinski definition) is 1. The fourth-order valence-electron chi connectivity index (χ4n) is 2.21. The van der Waals surface area contributed by atoms with Crippen molar-refractivity contribution in [3.05, 3.63) is 34.4 Å². The average molecular weight is 189 g/mol. The van der Waals surface area contributed by atoms with Gasteiger partial charge in [0, 0.05) is 6.04 Å². The molecule has 14 heavy (non-hydrogen) atoms. The Bertz CT molecular complexity index is 341. The van der Waals surface area contributed by atoms with Gasteiger partial charge in [-0.2, -0.15) is 0 Å². The van der Waals surface area contributed by atoms with E-state index in [1.54, 1.807) is 11.1 Å². The Balaban J connectivity index is 2.41. The summed E-state index contributed by atoms with van der Waals surface area (Å²) in [4.78, 5) is 0. The van der Waals surface area contributed by atoms with Gasteiger partial charge in [-0.25, -0.2) is 0 Å². The Hall–Kier alpha value is -0.820. The Morgan fingerprint density at radius 2 is 1.79 bits per heavy atom. The van der Waals surface area contributed by atoms with Gasteiger partial charge in [0.25, 0.3) is 0 Å². The summed E-state index contributed by atoms with van der Waals surface area (Å²) in [5.74, 6) is 0. The molecule has 1 aliphatic rings. The molecule has 0 spiro atoms. The third kappa shape index (κ3) is 1.83. The monoisotopic (exact) mass is 189 g/mol. The minimum atomic E-state index is 0.623. The quantitative estimate of drug-likeness (QED) is 0.660. The molecule has 0 amide bonds. The molecule has 1 nitrogen and oxygen atoms in total. The first-order chi connectivity index (χ1) is 6.66. The molecular weight excluding hydrogens is 170 g/mol. The lowest BCUT2D eigenvalue weighted by Gasteiger charge is -2.11. The molecular formula is C13H19N. The van der Waals surface area contributed by atoms with E-state index < -0.39 is 0 Å². The van der Waals surface area contributed by atoms with E-state index in [0.717, 1.165) is 6.54 Å². The molecule has 1 atom stereocenters. The van der Waals surface area contributed by atoms with Gasteiger partial charge in [0.05, 0.1) is 0 Å². The number of benzene rings is 1. The third-order valence-corrected chi connectivity index (χ3v) is 3.23. The van der Waals surface area contributed by atoms with Gasteiger partial charge in [0.1, 0.15) is 0 Å². The highest BCUT2D eigenvalue weighted by Gasteiger charge is 2.13. The van der Waals surface area contributed by atoms with E-state index in [9.17, 15) is 0 Å². The zero-order chi connectivity index (χ0) is 10.1. The van der Waals surface area contributed by atoms with Crippen LogP contribution in [0.4, 0.5) is 0 Å². The smallest absolute Gasteiger partial charge is 0.00793 e. The van der Waals surface area contributed by atoms with E-state index >= 15 is 0 Å². The van der Waals surface area contributed by atoms with Crippen LogP contribution in [0.15, 0.2) is 12.1 Å². The minimum absolute atomic E-state index is 0.623. The molecule has 0 aliphatic carbocycles. The van der Waals surface area contributed by atoms with Crippen LogP contribution in [0.1, 0.15) is 29.2 Å². The Labute approximate surface area is 86.5 Å².